The van der Waals surface area contributed by atoms with Crippen LogP contribution in [0, 0.1) is 11.8 Å². The molecule has 1 aliphatic carbocycles. The van der Waals surface area contributed by atoms with Crippen molar-refractivity contribution in [3.05, 3.63) is 0 Å². The highest BCUT2D eigenvalue weighted by Crippen LogP contribution is 2.33. The van der Waals surface area contributed by atoms with Gasteiger partial charge in [-0.05, 0) is 24.7 Å². The van der Waals surface area contributed by atoms with Crippen LogP contribution in [0.3, 0.4) is 0 Å². The number of rotatable bonds is 1. The summed E-state index contributed by atoms with van der Waals surface area (Å²) in [5.74, 6) is 1.34. The van der Waals surface area contributed by atoms with Crippen LogP contribution >= 0.6 is 0 Å². The zero-order valence-electron chi connectivity index (χ0n) is 6.30. The molecule has 1 saturated carbocycles. The Morgan fingerprint density at radius 1 is 1.44 bits per heavy atom. The largest absolute Gasteiger partial charge is 0.393 e. The van der Waals surface area contributed by atoms with Gasteiger partial charge in [-0.15, -0.1) is 0 Å². The van der Waals surface area contributed by atoms with Crippen LogP contribution in [-0.4, -0.2) is 11.2 Å². The fraction of sp³-hybridized carbons (Fsp3) is 1.00. The highest BCUT2D eigenvalue weighted by atomic mass is 16.3. The summed E-state index contributed by atoms with van der Waals surface area (Å²) in [6.45, 7) is 4.37. The topological polar surface area (TPSA) is 20.2 Å². The van der Waals surface area contributed by atoms with Gasteiger partial charge in [0.1, 0.15) is 0 Å². The summed E-state index contributed by atoms with van der Waals surface area (Å²) >= 11 is 0. The van der Waals surface area contributed by atoms with Gasteiger partial charge in [0.15, 0.2) is 0 Å². The predicted octanol–water partition coefficient (Wildman–Crippen LogP) is 1.80. The molecule has 1 heteroatoms. The first kappa shape index (κ1) is 7.07. The molecule has 1 rings (SSSR count). The average Bonchev–Trinajstić information content (AvgIpc) is 2.15. The molecule has 0 heterocycles. The van der Waals surface area contributed by atoms with Crippen LogP contribution in [0.4, 0.5) is 0 Å². The molecule has 0 spiro atoms. The third-order valence-electron chi connectivity index (χ3n) is 2.71. The highest BCUT2D eigenvalue weighted by molar-refractivity contribution is 4.80. The molecule has 0 radical (unpaired) electrons. The lowest BCUT2D eigenvalue weighted by Crippen LogP contribution is -2.14. The van der Waals surface area contributed by atoms with Crippen LogP contribution in [0.25, 0.3) is 0 Å². The van der Waals surface area contributed by atoms with Crippen molar-refractivity contribution in [2.24, 2.45) is 11.8 Å². The first-order chi connectivity index (χ1) is 4.25. The lowest BCUT2D eigenvalue weighted by molar-refractivity contribution is 0.127. The Kier molecular flexibility index (Phi) is 2.12. The Labute approximate surface area is 57.1 Å². The molecule has 54 valence electrons. The maximum Gasteiger partial charge on any atom is 0.0568 e. The van der Waals surface area contributed by atoms with Crippen molar-refractivity contribution in [2.75, 3.05) is 0 Å². The molecule has 0 saturated heterocycles. The van der Waals surface area contributed by atoms with Gasteiger partial charge in [-0.3, -0.25) is 0 Å². The molecule has 0 aliphatic heterocycles. The smallest absolute Gasteiger partial charge is 0.0568 e. The minimum Gasteiger partial charge on any atom is -0.393 e. The van der Waals surface area contributed by atoms with Crippen LogP contribution in [0.15, 0.2) is 0 Å². The van der Waals surface area contributed by atoms with Crippen LogP contribution < -0.4 is 0 Å². The third kappa shape index (κ3) is 1.26. The summed E-state index contributed by atoms with van der Waals surface area (Å²) in [4.78, 5) is 0. The van der Waals surface area contributed by atoms with Gasteiger partial charge in [-0.25, -0.2) is 0 Å². The molecule has 1 aliphatic rings. The quantitative estimate of drug-likeness (QED) is 0.571. The van der Waals surface area contributed by atoms with E-state index in [1.54, 1.807) is 0 Å². The zero-order valence-corrected chi connectivity index (χ0v) is 6.30. The van der Waals surface area contributed by atoms with E-state index in [1.165, 1.54) is 12.8 Å². The van der Waals surface area contributed by atoms with E-state index >= 15 is 0 Å². The summed E-state index contributed by atoms with van der Waals surface area (Å²) in [5, 5.41) is 9.30. The van der Waals surface area contributed by atoms with Gasteiger partial charge in [0.05, 0.1) is 6.10 Å². The number of hydrogen-bond acceptors (Lipinski definition) is 1. The summed E-state index contributed by atoms with van der Waals surface area (Å²) in [6, 6.07) is 0. The molecular weight excluding hydrogens is 112 g/mol. The summed E-state index contributed by atoms with van der Waals surface area (Å²) in [5.41, 5.74) is 0. The Balaban J connectivity index is 2.41. The van der Waals surface area contributed by atoms with Crippen molar-refractivity contribution in [3.63, 3.8) is 0 Å². The molecule has 0 aromatic heterocycles. The van der Waals surface area contributed by atoms with Gasteiger partial charge in [0, 0.05) is 0 Å². The molecule has 1 fully saturated rings. The van der Waals surface area contributed by atoms with Gasteiger partial charge < -0.3 is 5.11 Å². The maximum atomic E-state index is 9.30. The Hall–Kier alpha value is -0.0400. The van der Waals surface area contributed by atoms with Gasteiger partial charge >= 0.3 is 0 Å². The van der Waals surface area contributed by atoms with Gasteiger partial charge in [-0.2, -0.15) is 0 Å². The van der Waals surface area contributed by atoms with Gasteiger partial charge in [0.25, 0.3) is 0 Å². The second-order valence-electron chi connectivity index (χ2n) is 3.17. The SMILES string of the molecule is CCC1CCC(O)C1C. The fourth-order valence-corrected chi connectivity index (χ4v) is 1.80. The zero-order chi connectivity index (χ0) is 6.85. The monoisotopic (exact) mass is 128 g/mol. The number of aliphatic hydroxyl groups is 1. The second-order valence-corrected chi connectivity index (χ2v) is 3.17. The highest BCUT2D eigenvalue weighted by Gasteiger charge is 2.29. The van der Waals surface area contributed by atoms with Crippen LogP contribution in [0.2, 0.25) is 0 Å². The lowest BCUT2D eigenvalue weighted by atomic mass is 9.95. The molecular formula is C8H16O. The first-order valence-electron chi connectivity index (χ1n) is 3.93. The normalized spacial score (nSPS) is 43.7. The summed E-state index contributed by atoms with van der Waals surface area (Å²) in [7, 11) is 0. The number of hydrogen-bond donors (Lipinski definition) is 1. The predicted molar refractivity (Wildman–Crippen MR) is 38.2 cm³/mol. The molecule has 9 heavy (non-hydrogen) atoms. The van der Waals surface area contributed by atoms with E-state index in [4.69, 9.17) is 0 Å². The Bertz CT molecular complexity index is 90.6. The van der Waals surface area contributed by atoms with Crippen LogP contribution in [0.5, 0.6) is 0 Å². The van der Waals surface area contributed by atoms with Crippen molar-refractivity contribution in [1.82, 2.24) is 0 Å². The van der Waals surface area contributed by atoms with Crippen molar-refractivity contribution < 1.29 is 5.11 Å². The molecule has 0 bridgehead atoms. The molecule has 0 aromatic carbocycles. The molecule has 1 N–H and O–H groups in total. The van der Waals surface area contributed by atoms with E-state index in [0.717, 1.165) is 12.3 Å². The van der Waals surface area contributed by atoms with Crippen molar-refractivity contribution >= 4 is 0 Å². The fourth-order valence-electron chi connectivity index (χ4n) is 1.80. The summed E-state index contributed by atoms with van der Waals surface area (Å²) < 4.78 is 0. The lowest BCUT2D eigenvalue weighted by Gasteiger charge is -2.14. The second kappa shape index (κ2) is 2.70. The Morgan fingerprint density at radius 2 is 2.11 bits per heavy atom. The molecule has 3 atom stereocenters. The van der Waals surface area contributed by atoms with Gasteiger partial charge in [0.2, 0.25) is 0 Å². The summed E-state index contributed by atoms with van der Waals surface area (Å²) in [6.07, 6.45) is 3.49. The molecule has 1 nitrogen and oxygen atoms in total. The van der Waals surface area contributed by atoms with E-state index in [-0.39, 0.29) is 6.10 Å². The molecule has 0 aromatic rings. The van der Waals surface area contributed by atoms with Crippen molar-refractivity contribution in [1.29, 1.82) is 0 Å². The molecule has 0 amide bonds. The molecule has 3 unspecified atom stereocenters. The van der Waals surface area contributed by atoms with Gasteiger partial charge in [-0.1, -0.05) is 20.3 Å². The van der Waals surface area contributed by atoms with E-state index in [9.17, 15) is 5.11 Å². The maximum absolute atomic E-state index is 9.30. The van der Waals surface area contributed by atoms with Crippen LogP contribution in [-0.2, 0) is 0 Å². The average molecular weight is 128 g/mol. The van der Waals surface area contributed by atoms with Crippen LogP contribution in [0.1, 0.15) is 33.1 Å². The standard InChI is InChI=1S/C8H16O/c1-3-7-4-5-8(9)6(7)2/h6-9H,3-5H2,1-2H3. The number of aliphatic hydroxyl groups excluding tert-OH is 1. The van der Waals surface area contributed by atoms with Crippen molar-refractivity contribution in [2.45, 2.75) is 39.2 Å². The van der Waals surface area contributed by atoms with E-state index < -0.39 is 0 Å². The first-order valence-corrected chi connectivity index (χ1v) is 3.93. The van der Waals surface area contributed by atoms with E-state index in [2.05, 4.69) is 13.8 Å². The van der Waals surface area contributed by atoms with E-state index in [1.807, 2.05) is 0 Å². The Morgan fingerprint density at radius 3 is 2.33 bits per heavy atom. The van der Waals surface area contributed by atoms with E-state index in [0.29, 0.717) is 5.92 Å². The van der Waals surface area contributed by atoms with Crippen molar-refractivity contribution in [3.8, 4) is 0 Å². The minimum atomic E-state index is -0.00468. The third-order valence-corrected chi connectivity index (χ3v) is 2.71. The minimum absolute atomic E-state index is 0.00468.